The summed E-state index contributed by atoms with van der Waals surface area (Å²) in [6, 6.07) is 2.02. The van der Waals surface area contributed by atoms with Gasteiger partial charge in [0.2, 0.25) is 0 Å². The molecule has 114 valence electrons. The largest absolute Gasteiger partial charge is 0.370 e. The summed E-state index contributed by atoms with van der Waals surface area (Å²) in [4.78, 5) is 9.25. The van der Waals surface area contributed by atoms with Gasteiger partial charge in [0.1, 0.15) is 17.5 Å². The van der Waals surface area contributed by atoms with Gasteiger partial charge in [-0.1, -0.05) is 34.6 Å². The van der Waals surface area contributed by atoms with Crippen LogP contribution in [0.1, 0.15) is 72.5 Å². The van der Waals surface area contributed by atoms with E-state index in [0.29, 0.717) is 5.92 Å². The van der Waals surface area contributed by atoms with Crippen molar-refractivity contribution in [1.82, 2.24) is 9.97 Å². The summed E-state index contributed by atoms with van der Waals surface area (Å²) in [5.41, 5.74) is 0.131. The zero-order valence-corrected chi connectivity index (χ0v) is 13.9. The van der Waals surface area contributed by atoms with Crippen LogP contribution in [0, 0.1) is 0 Å². The number of aromatic nitrogens is 2. The summed E-state index contributed by atoms with van der Waals surface area (Å²) in [5, 5.41) is 6.94. The number of hydrogen-bond acceptors (Lipinski definition) is 4. The Balaban J connectivity index is 3.09. The molecule has 1 heterocycles. The van der Waals surface area contributed by atoms with Crippen LogP contribution >= 0.6 is 0 Å². The summed E-state index contributed by atoms with van der Waals surface area (Å²) in [5.74, 6) is 3.06. The Bertz CT molecular complexity index is 403. The van der Waals surface area contributed by atoms with Gasteiger partial charge in [0.05, 0.1) is 0 Å². The fraction of sp³-hybridized carbons (Fsp3) is 0.750. The Kier molecular flexibility index (Phi) is 6.24. The van der Waals surface area contributed by atoms with E-state index in [1.807, 2.05) is 6.07 Å². The highest BCUT2D eigenvalue weighted by Crippen LogP contribution is 2.26. The molecule has 0 bridgehead atoms. The molecule has 0 saturated heterocycles. The van der Waals surface area contributed by atoms with Gasteiger partial charge in [-0.15, -0.1) is 0 Å². The van der Waals surface area contributed by atoms with E-state index in [9.17, 15) is 0 Å². The first-order valence-electron chi connectivity index (χ1n) is 7.91. The van der Waals surface area contributed by atoms with E-state index >= 15 is 0 Å². The minimum Gasteiger partial charge on any atom is -0.370 e. The quantitative estimate of drug-likeness (QED) is 0.739. The van der Waals surface area contributed by atoms with E-state index in [2.05, 4.69) is 62.1 Å². The van der Waals surface area contributed by atoms with Gasteiger partial charge >= 0.3 is 0 Å². The van der Waals surface area contributed by atoms with Crippen molar-refractivity contribution in [1.29, 1.82) is 0 Å². The average Bonchev–Trinajstić information content (AvgIpc) is 2.45. The van der Waals surface area contributed by atoms with E-state index in [4.69, 9.17) is 0 Å². The molecule has 4 nitrogen and oxygen atoms in total. The second-order valence-corrected chi connectivity index (χ2v) is 5.65. The monoisotopic (exact) mass is 278 g/mol. The maximum absolute atomic E-state index is 4.68. The average molecular weight is 278 g/mol. The second-order valence-electron chi connectivity index (χ2n) is 5.65. The first kappa shape index (κ1) is 16.7. The van der Waals surface area contributed by atoms with Gasteiger partial charge in [0, 0.05) is 24.1 Å². The highest BCUT2D eigenvalue weighted by molar-refractivity contribution is 5.49. The molecular formula is C16H30N4. The maximum atomic E-state index is 4.68. The second kappa shape index (κ2) is 7.46. The summed E-state index contributed by atoms with van der Waals surface area (Å²) in [6.07, 6.45) is 3.28. The van der Waals surface area contributed by atoms with Crippen molar-refractivity contribution in [3.8, 4) is 0 Å². The lowest BCUT2D eigenvalue weighted by Crippen LogP contribution is -2.36. The minimum absolute atomic E-state index is 0.131. The predicted molar refractivity (Wildman–Crippen MR) is 87.5 cm³/mol. The van der Waals surface area contributed by atoms with Gasteiger partial charge in [0.15, 0.2) is 0 Å². The SMILES string of the molecule is CCNc1cc(NC(CC)(CC)CC)nc(C(C)C)n1. The topological polar surface area (TPSA) is 49.8 Å². The van der Waals surface area contributed by atoms with Gasteiger partial charge in [0.25, 0.3) is 0 Å². The highest BCUT2D eigenvalue weighted by Gasteiger charge is 2.24. The van der Waals surface area contributed by atoms with Crippen LogP contribution in [0.25, 0.3) is 0 Å². The Morgan fingerprint density at radius 3 is 2.00 bits per heavy atom. The van der Waals surface area contributed by atoms with E-state index < -0.39 is 0 Å². The van der Waals surface area contributed by atoms with Crippen LogP contribution in [0.3, 0.4) is 0 Å². The molecule has 1 aromatic rings. The van der Waals surface area contributed by atoms with Crippen molar-refractivity contribution in [3.63, 3.8) is 0 Å². The molecule has 0 aliphatic carbocycles. The number of anilines is 2. The maximum Gasteiger partial charge on any atom is 0.135 e. The first-order chi connectivity index (χ1) is 9.50. The van der Waals surface area contributed by atoms with Gasteiger partial charge in [-0.2, -0.15) is 0 Å². The van der Waals surface area contributed by atoms with Crippen LogP contribution in [0.15, 0.2) is 6.07 Å². The fourth-order valence-corrected chi connectivity index (χ4v) is 2.35. The standard InChI is InChI=1S/C16H30N4/c1-7-16(8-2,9-3)20-14-11-13(17-10-4)18-15(19-14)12(5)6/h11-12H,7-10H2,1-6H3,(H2,17,18,19,20). The molecule has 0 saturated carbocycles. The molecule has 0 fully saturated rings. The lowest BCUT2D eigenvalue weighted by atomic mass is 9.90. The third-order valence-corrected chi connectivity index (χ3v) is 4.04. The Morgan fingerprint density at radius 2 is 1.55 bits per heavy atom. The van der Waals surface area contributed by atoms with Crippen molar-refractivity contribution >= 4 is 11.6 Å². The Morgan fingerprint density at radius 1 is 1.00 bits per heavy atom. The third kappa shape index (κ3) is 4.09. The zero-order chi connectivity index (χ0) is 15.2. The summed E-state index contributed by atoms with van der Waals surface area (Å²) in [6.45, 7) is 13.9. The molecule has 0 spiro atoms. The van der Waals surface area contributed by atoms with Crippen LogP contribution < -0.4 is 10.6 Å². The molecule has 0 radical (unpaired) electrons. The molecule has 1 rings (SSSR count). The van der Waals surface area contributed by atoms with Crippen molar-refractivity contribution in [2.45, 2.75) is 72.3 Å². The van der Waals surface area contributed by atoms with E-state index in [1.54, 1.807) is 0 Å². The molecular weight excluding hydrogens is 248 g/mol. The molecule has 0 amide bonds. The number of nitrogens with zero attached hydrogens (tertiary/aromatic N) is 2. The number of hydrogen-bond donors (Lipinski definition) is 2. The summed E-state index contributed by atoms with van der Waals surface area (Å²) < 4.78 is 0. The molecule has 0 aromatic carbocycles. The summed E-state index contributed by atoms with van der Waals surface area (Å²) in [7, 11) is 0. The third-order valence-electron chi connectivity index (χ3n) is 4.04. The van der Waals surface area contributed by atoms with Crippen molar-refractivity contribution in [2.75, 3.05) is 17.2 Å². The van der Waals surface area contributed by atoms with Gasteiger partial charge in [-0.25, -0.2) is 9.97 Å². The smallest absolute Gasteiger partial charge is 0.135 e. The Labute approximate surface area is 123 Å². The van der Waals surface area contributed by atoms with Crippen molar-refractivity contribution in [3.05, 3.63) is 11.9 Å². The number of rotatable bonds is 8. The van der Waals surface area contributed by atoms with Crippen LogP contribution in [0.2, 0.25) is 0 Å². The van der Waals surface area contributed by atoms with Crippen LogP contribution in [-0.2, 0) is 0 Å². The molecule has 20 heavy (non-hydrogen) atoms. The van der Waals surface area contributed by atoms with Crippen molar-refractivity contribution < 1.29 is 0 Å². The first-order valence-corrected chi connectivity index (χ1v) is 7.91. The normalized spacial score (nSPS) is 11.8. The van der Waals surface area contributed by atoms with Gasteiger partial charge in [-0.05, 0) is 26.2 Å². The van der Waals surface area contributed by atoms with Crippen molar-refractivity contribution in [2.24, 2.45) is 0 Å². The van der Waals surface area contributed by atoms with E-state index in [1.165, 1.54) is 0 Å². The minimum atomic E-state index is 0.131. The molecule has 0 atom stereocenters. The lowest BCUT2D eigenvalue weighted by Gasteiger charge is -2.32. The van der Waals surface area contributed by atoms with E-state index in [0.717, 1.165) is 43.3 Å². The summed E-state index contributed by atoms with van der Waals surface area (Å²) >= 11 is 0. The predicted octanol–water partition coefficient (Wildman–Crippen LogP) is 4.41. The highest BCUT2D eigenvalue weighted by atomic mass is 15.1. The van der Waals surface area contributed by atoms with Gasteiger partial charge < -0.3 is 10.6 Å². The fourth-order valence-electron chi connectivity index (χ4n) is 2.35. The van der Waals surface area contributed by atoms with Crippen LogP contribution in [0.4, 0.5) is 11.6 Å². The van der Waals surface area contributed by atoms with Crippen LogP contribution in [-0.4, -0.2) is 22.1 Å². The van der Waals surface area contributed by atoms with Crippen LogP contribution in [0.5, 0.6) is 0 Å². The lowest BCUT2D eigenvalue weighted by molar-refractivity contribution is 0.418. The van der Waals surface area contributed by atoms with E-state index in [-0.39, 0.29) is 5.54 Å². The zero-order valence-electron chi connectivity index (χ0n) is 13.9. The molecule has 0 aliphatic heterocycles. The molecule has 2 N–H and O–H groups in total. The molecule has 0 aliphatic rings. The number of nitrogens with one attached hydrogen (secondary N) is 2. The molecule has 0 unspecified atom stereocenters. The van der Waals surface area contributed by atoms with Gasteiger partial charge in [-0.3, -0.25) is 0 Å². The molecule has 1 aromatic heterocycles. The molecule has 4 heteroatoms. The Hall–Kier alpha value is -1.32.